The van der Waals surface area contributed by atoms with Gasteiger partial charge < -0.3 is 23.9 Å². The molecule has 2 aliphatic heterocycles. The van der Waals surface area contributed by atoms with E-state index in [2.05, 4.69) is 13.8 Å². The van der Waals surface area contributed by atoms with Gasteiger partial charge in [0.1, 0.15) is 5.60 Å². The van der Waals surface area contributed by atoms with E-state index in [1.54, 1.807) is 44.8 Å². The molecular formula is C42H54N2O8S2. The van der Waals surface area contributed by atoms with Gasteiger partial charge >= 0.3 is 24.0 Å². The lowest BCUT2D eigenvalue weighted by molar-refractivity contribution is -0.114. The van der Waals surface area contributed by atoms with Crippen LogP contribution in [0.1, 0.15) is 125 Å². The van der Waals surface area contributed by atoms with E-state index in [1.165, 1.54) is 36.5 Å². The fraction of sp³-hybridized carbons (Fsp3) is 0.476. The minimum Gasteiger partial charge on any atom is -0.465 e. The molecule has 0 spiro atoms. The van der Waals surface area contributed by atoms with Crippen LogP contribution in [0.3, 0.4) is 0 Å². The van der Waals surface area contributed by atoms with Gasteiger partial charge in [0.2, 0.25) is 0 Å². The van der Waals surface area contributed by atoms with Gasteiger partial charge in [-0.25, -0.2) is 19.2 Å². The zero-order valence-corrected chi connectivity index (χ0v) is 34.7. The Bertz CT molecular complexity index is 1850. The van der Waals surface area contributed by atoms with Crippen LogP contribution in [0.5, 0.6) is 0 Å². The lowest BCUT2D eigenvalue weighted by Gasteiger charge is -2.32. The minimum atomic E-state index is -0.472. The zero-order chi connectivity index (χ0) is 39.6. The van der Waals surface area contributed by atoms with Gasteiger partial charge in [-0.3, -0.25) is 0 Å². The van der Waals surface area contributed by atoms with Crippen molar-refractivity contribution < 1.29 is 38.2 Å². The first-order valence-electron chi connectivity index (χ1n) is 18.5. The second-order valence-electron chi connectivity index (χ2n) is 14.2. The number of benzene rings is 1. The number of likely N-dealkylation sites (tertiary alicyclic amines) is 1. The Morgan fingerprint density at radius 2 is 1.13 bits per heavy atom. The van der Waals surface area contributed by atoms with Crippen molar-refractivity contribution in [1.29, 1.82) is 0 Å². The molecule has 1 amide bonds. The number of hydrogen-bond acceptors (Lipinski definition) is 11. The van der Waals surface area contributed by atoms with E-state index in [4.69, 9.17) is 19.0 Å². The minimum absolute atomic E-state index is 0.241. The maximum atomic E-state index is 12.2. The highest BCUT2D eigenvalue weighted by Gasteiger charge is 2.27. The van der Waals surface area contributed by atoms with Gasteiger partial charge in [-0.15, -0.1) is 27.7 Å². The lowest BCUT2D eigenvalue weighted by atomic mass is 9.93. The van der Waals surface area contributed by atoms with E-state index < -0.39 is 5.60 Å². The summed E-state index contributed by atoms with van der Waals surface area (Å²) in [4.78, 5) is 57.9. The normalized spacial score (nSPS) is 14.8. The summed E-state index contributed by atoms with van der Waals surface area (Å²) in [5, 5.41) is 5.50. The monoisotopic (exact) mass is 778 g/mol. The summed E-state index contributed by atoms with van der Waals surface area (Å²) in [5.74, 6) is -0.895. The standard InChI is InChI=1S/C22H25NO4S.C20H29NO4S/c1-4-18(20-15(2)19(14-28-20)22(25)26-3)16-10-12-23(13-11-16)27-21(24)17-8-6-5-7-9-17;1-7-15(17-13(2)16(12-26-17)18(22)24-6)14-8-10-21(11-9-14)19(23)25-20(3,4)5/h5-9,14H,4,10-13H2,1-3H3;12H,7-11H2,1-6H3. The third kappa shape index (κ3) is 10.7. The van der Waals surface area contributed by atoms with Crippen LogP contribution < -0.4 is 0 Å². The summed E-state index contributed by atoms with van der Waals surface area (Å²) in [7, 11) is 2.81. The fourth-order valence-corrected chi connectivity index (χ4v) is 9.13. The highest BCUT2D eigenvalue weighted by Crippen LogP contribution is 2.38. The van der Waals surface area contributed by atoms with Gasteiger partial charge in [0.15, 0.2) is 0 Å². The van der Waals surface area contributed by atoms with Gasteiger partial charge in [0.25, 0.3) is 0 Å². The van der Waals surface area contributed by atoms with E-state index in [9.17, 15) is 19.2 Å². The smallest absolute Gasteiger partial charge is 0.410 e. The van der Waals surface area contributed by atoms with Crippen molar-refractivity contribution in [3.63, 3.8) is 0 Å². The second-order valence-corrected chi connectivity index (χ2v) is 16.0. The zero-order valence-electron chi connectivity index (χ0n) is 33.1. The van der Waals surface area contributed by atoms with Gasteiger partial charge in [-0.05, 0) is 108 Å². The molecule has 1 aromatic carbocycles. The van der Waals surface area contributed by atoms with Gasteiger partial charge in [-0.1, -0.05) is 43.2 Å². The largest absolute Gasteiger partial charge is 0.465 e. The molecule has 2 saturated heterocycles. The van der Waals surface area contributed by atoms with Crippen molar-refractivity contribution in [3.05, 3.63) is 89.8 Å². The lowest BCUT2D eigenvalue weighted by Crippen LogP contribution is -2.40. The molecule has 54 heavy (non-hydrogen) atoms. The molecule has 0 unspecified atom stereocenters. The first-order chi connectivity index (χ1) is 25.7. The maximum absolute atomic E-state index is 12.2. The number of carbonyl (C=O) groups excluding carboxylic acids is 4. The summed E-state index contributed by atoms with van der Waals surface area (Å²) in [6.45, 7) is 16.6. The number of carbonyl (C=O) groups is 4. The number of hydroxylamine groups is 2. The Balaban J connectivity index is 0.000000241. The number of ether oxygens (including phenoxy) is 3. The third-order valence-corrected chi connectivity index (χ3v) is 11.8. The number of rotatable bonds is 8. The molecule has 0 radical (unpaired) electrons. The van der Waals surface area contributed by atoms with Crippen LogP contribution in [0.2, 0.25) is 0 Å². The van der Waals surface area contributed by atoms with Crippen LogP contribution in [0.4, 0.5) is 4.79 Å². The predicted molar refractivity (Wildman–Crippen MR) is 215 cm³/mol. The summed E-state index contributed by atoms with van der Waals surface area (Å²) in [6, 6.07) is 9.04. The number of methoxy groups -OCH3 is 2. The van der Waals surface area contributed by atoms with Crippen LogP contribution in [0.25, 0.3) is 11.1 Å². The first-order valence-corrected chi connectivity index (χ1v) is 20.2. The number of nitrogens with zero attached hydrogens (tertiary/aromatic N) is 2. The van der Waals surface area contributed by atoms with E-state index in [1.807, 2.05) is 63.6 Å². The molecule has 2 aliphatic rings. The number of esters is 2. The molecule has 12 heteroatoms. The van der Waals surface area contributed by atoms with E-state index in [-0.39, 0.29) is 24.0 Å². The summed E-state index contributed by atoms with van der Waals surface area (Å²) < 4.78 is 15.2. The van der Waals surface area contributed by atoms with Crippen LogP contribution in [-0.2, 0) is 19.0 Å². The molecule has 10 nitrogen and oxygen atoms in total. The van der Waals surface area contributed by atoms with Crippen molar-refractivity contribution >= 4 is 57.8 Å². The summed E-state index contributed by atoms with van der Waals surface area (Å²) >= 11 is 3.19. The molecule has 2 aromatic heterocycles. The Morgan fingerprint density at radius 1 is 0.685 bits per heavy atom. The SMILES string of the molecule is CCC(=C1CCN(C(=O)OC(C)(C)C)CC1)c1scc(C(=O)OC)c1C.CCC(=C1CCN(OC(=O)c2ccccc2)CC1)c1scc(C(=O)OC)c1C. The fourth-order valence-electron chi connectivity index (χ4n) is 6.67. The molecule has 0 bridgehead atoms. The number of hydrogen-bond donors (Lipinski definition) is 0. The number of piperidine rings is 2. The average molecular weight is 779 g/mol. The Labute approximate surface area is 327 Å². The van der Waals surface area contributed by atoms with Crippen molar-refractivity contribution in [1.82, 2.24) is 9.96 Å². The van der Waals surface area contributed by atoms with Crippen molar-refractivity contribution in [2.24, 2.45) is 0 Å². The third-order valence-electron chi connectivity index (χ3n) is 9.56. The van der Waals surface area contributed by atoms with Crippen LogP contribution in [-0.4, -0.2) is 80.0 Å². The van der Waals surface area contributed by atoms with E-state index in [0.717, 1.165) is 59.4 Å². The second kappa shape index (κ2) is 19.4. The predicted octanol–water partition coefficient (Wildman–Crippen LogP) is 9.91. The van der Waals surface area contributed by atoms with Crippen LogP contribution >= 0.6 is 22.7 Å². The van der Waals surface area contributed by atoms with Crippen molar-refractivity contribution in [2.75, 3.05) is 40.4 Å². The topological polar surface area (TPSA) is 112 Å². The van der Waals surface area contributed by atoms with Gasteiger partial charge in [0.05, 0.1) is 30.9 Å². The van der Waals surface area contributed by atoms with Gasteiger partial charge in [-0.2, -0.15) is 0 Å². The molecule has 5 rings (SSSR count). The molecule has 0 atom stereocenters. The summed E-state index contributed by atoms with van der Waals surface area (Å²) in [5.41, 5.74) is 8.68. The highest BCUT2D eigenvalue weighted by atomic mass is 32.1. The van der Waals surface area contributed by atoms with Crippen molar-refractivity contribution in [2.45, 2.75) is 92.6 Å². The maximum Gasteiger partial charge on any atom is 0.410 e. The van der Waals surface area contributed by atoms with Gasteiger partial charge in [0, 0.05) is 46.7 Å². The number of amides is 1. The average Bonchev–Trinajstić information content (AvgIpc) is 3.74. The molecule has 0 aliphatic carbocycles. The molecule has 0 N–H and O–H groups in total. The Hall–Kier alpha value is -4.26. The van der Waals surface area contributed by atoms with Crippen molar-refractivity contribution in [3.8, 4) is 0 Å². The Kier molecular flexibility index (Phi) is 15.2. The highest BCUT2D eigenvalue weighted by molar-refractivity contribution is 7.12. The summed E-state index contributed by atoms with van der Waals surface area (Å²) in [6.07, 6.45) is 4.94. The molecule has 0 saturated carbocycles. The molecular weight excluding hydrogens is 725 g/mol. The van der Waals surface area contributed by atoms with Crippen LogP contribution in [0, 0.1) is 13.8 Å². The number of allylic oxidation sites excluding steroid dienone is 2. The van der Waals surface area contributed by atoms with E-state index in [0.29, 0.717) is 42.9 Å². The molecule has 2 fully saturated rings. The molecule has 292 valence electrons. The first kappa shape index (κ1) is 42.5. The number of thiophene rings is 2. The quantitative estimate of drug-likeness (QED) is 0.163. The van der Waals surface area contributed by atoms with E-state index >= 15 is 0 Å². The molecule has 4 heterocycles. The van der Waals surface area contributed by atoms with Crippen LogP contribution in [0.15, 0.2) is 52.2 Å². The molecule has 3 aromatic rings. The Morgan fingerprint density at radius 3 is 1.54 bits per heavy atom.